The van der Waals surface area contributed by atoms with Crippen LogP contribution in [0.3, 0.4) is 0 Å². The van der Waals surface area contributed by atoms with Gasteiger partial charge in [-0.2, -0.15) is 0 Å². The van der Waals surface area contributed by atoms with Crippen molar-refractivity contribution in [2.75, 3.05) is 19.6 Å². The lowest BCUT2D eigenvalue weighted by molar-refractivity contribution is 0.415. The summed E-state index contributed by atoms with van der Waals surface area (Å²) in [5, 5.41) is 0. The van der Waals surface area contributed by atoms with Gasteiger partial charge in [0.05, 0.1) is 7.11 Å². The lowest BCUT2D eigenvalue weighted by Gasteiger charge is -1.98. The first-order valence-corrected chi connectivity index (χ1v) is 8.02. The van der Waals surface area contributed by atoms with Crippen molar-refractivity contribution in [3.63, 3.8) is 0 Å². The summed E-state index contributed by atoms with van der Waals surface area (Å²) in [6, 6.07) is 7.99. The summed E-state index contributed by atoms with van der Waals surface area (Å²) in [4.78, 5) is 0. The first kappa shape index (κ1) is 15.0. The maximum Gasteiger partial charge on any atom is 0.118 e. The molecule has 1 rings (SSSR count). The molecule has 1 aromatic carbocycles. The van der Waals surface area contributed by atoms with Crippen molar-refractivity contribution in [1.82, 2.24) is 0 Å². The molecule has 0 saturated heterocycles. The van der Waals surface area contributed by atoms with Crippen LogP contribution in [0, 0.1) is 0 Å². The van der Waals surface area contributed by atoms with E-state index in [1.807, 2.05) is 36.4 Å². The van der Waals surface area contributed by atoms with Gasteiger partial charge in [0.1, 0.15) is 5.75 Å². The molecule has 3 heteroatoms. The van der Waals surface area contributed by atoms with E-state index in [1.54, 1.807) is 30.6 Å². The van der Waals surface area contributed by atoms with Crippen LogP contribution in [-0.4, -0.2) is 19.6 Å². The molecule has 0 aromatic heterocycles. The van der Waals surface area contributed by atoms with Gasteiger partial charge in [0.2, 0.25) is 0 Å². The van der Waals surface area contributed by atoms with Crippen LogP contribution in [0.5, 0.6) is 5.75 Å². The minimum absolute atomic E-state index is 0.884. The van der Waals surface area contributed by atoms with E-state index in [1.165, 1.54) is 9.80 Å². The fraction of sp³-hybridized carbons (Fsp3) is 0.200. The third kappa shape index (κ3) is 5.52. The fourth-order valence-electron chi connectivity index (χ4n) is 1.30. The van der Waals surface area contributed by atoms with E-state index in [0.29, 0.717) is 0 Å². The zero-order valence-electron chi connectivity index (χ0n) is 10.9. The van der Waals surface area contributed by atoms with Crippen LogP contribution in [0.2, 0.25) is 0 Å². The van der Waals surface area contributed by atoms with Gasteiger partial charge in [0, 0.05) is 4.24 Å². The van der Waals surface area contributed by atoms with Crippen LogP contribution in [0.1, 0.15) is 5.56 Å². The summed E-state index contributed by atoms with van der Waals surface area (Å²) in [6.07, 6.45) is 14.5. The number of methoxy groups -OCH3 is 1. The second kappa shape index (κ2) is 8.95. The van der Waals surface area contributed by atoms with E-state index in [9.17, 15) is 0 Å². The van der Waals surface area contributed by atoms with E-state index >= 15 is 0 Å². The summed E-state index contributed by atoms with van der Waals surface area (Å²) in [6.45, 7) is 0. The fourth-order valence-corrected chi connectivity index (χ4v) is 2.40. The van der Waals surface area contributed by atoms with Crippen molar-refractivity contribution < 1.29 is 4.74 Å². The van der Waals surface area contributed by atoms with E-state index in [0.717, 1.165) is 5.75 Å². The Kier molecular flexibility index (Phi) is 7.46. The van der Waals surface area contributed by atoms with Gasteiger partial charge in [-0.05, 0) is 36.3 Å². The van der Waals surface area contributed by atoms with Crippen LogP contribution >= 0.6 is 23.5 Å². The first-order chi connectivity index (χ1) is 8.80. The highest BCUT2D eigenvalue weighted by atomic mass is 32.2. The van der Waals surface area contributed by atoms with Crippen LogP contribution in [-0.2, 0) is 0 Å². The monoisotopic (exact) mass is 278 g/mol. The van der Waals surface area contributed by atoms with Crippen molar-refractivity contribution in [2.24, 2.45) is 0 Å². The Morgan fingerprint density at radius 2 is 1.67 bits per heavy atom. The van der Waals surface area contributed by atoms with Gasteiger partial charge in [-0.3, -0.25) is 0 Å². The summed E-state index contributed by atoms with van der Waals surface area (Å²) < 4.78 is 6.42. The quantitative estimate of drug-likeness (QED) is 0.690. The molecule has 0 N–H and O–H groups in total. The lowest BCUT2D eigenvalue weighted by Crippen LogP contribution is -1.81. The second-order valence-electron chi connectivity index (χ2n) is 3.41. The van der Waals surface area contributed by atoms with Gasteiger partial charge in [-0.25, -0.2) is 0 Å². The minimum atomic E-state index is 0.884. The van der Waals surface area contributed by atoms with Crippen LogP contribution < -0.4 is 4.74 Å². The molecule has 0 atom stereocenters. The molecule has 0 spiro atoms. The molecule has 0 saturated carbocycles. The summed E-state index contributed by atoms with van der Waals surface area (Å²) in [5.74, 6) is 0.884. The number of hydrogen-bond donors (Lipinski definition) is 0. The van der Waals surface area contributed by atoms with Gasteiger partial charge in [0.15, 0.2) is 0 Å². The molecule has 0 unspecified atom stereocenters. The standard InChI is InChI=1S/C15H18OS2/c1-16-14-11-9-13(10-12-14)7-5-4-6-8-15(17-2)18-3/h4-12H,1-3H3/b6-4+,7-5+. The van der Waals surface area contributed by atoms with Crippen LogP contribution in [0.25, 0.3) is 6.08 Å². The molecule has 0 aliphatic rings. The molecule has 0 amide bonds. The molecule has 1 nitrogen and oxygen atoms in total. The third-order valence-electron chi connectivity index (χ3n) is 2.26. The number of ether oxygens (including phenoxy) is 1. The number of rotatable bonds is 6. The lowest BCUT2D eigenvalue weighted by atomic mass is 10.2. The zero-order chi connectivity index (χ0) is 13.2. The Balaban J connectivity index is 2.53. The second-order valence-corrected chi connectivity index (χ2v) is 5.37. The average Bonchev–Trinajstić information content (AvgIpc) is 2.43. The first-order valence-electron chi connectivity index (χ1n) is 5.57. The maximum atomic E-state index is 5.11. The molecule has 0 aliphatic carbocycles. The summed E-state index contributed by atoms with van der Waals surface area (Å²) in [7, 11) is 1.68. The van der Waals surface area contributed by atoms with E-state index < -0.39 is 0 Å². The Morgan fingerprint density at radius 3 is 2.22 bits per heavy atom. The van der Waals surface area contributed by atoms with Crippen LogP contribution in [0.15, 0.2) is 52.8 Å². The van der Waals surface area contributed by atoms with Crippen molar-refractivity contribution in [2.45, 2.75) is 0 Å². The predicted molar refractivity (Wildman–Crippen MR) is 86.3 cm³/mol. The number of benzene rings is 1. The Bertz CT molecular complexity index is 424. The smallest absolute Gasteiger partial charge is 0.118 e. The molecule has 18 heavy (non-hydrogen) atoms. The Labute approximate surface area is 118 Å². The average molecular weight is 278 g/mol. The zero-order valence-corrected chi connectivity index (χ0v) is 12.6. The molecular weight excluding hydrogens is 260 g/mol. The van der Waals surface area contributed by atoms with Gasteiger partial charge in [0.25, 0.3) is 0 Å². The molecule has 0 fully saturated rings. The SMILES string of the molecule is COc1ccc(/C=C/C=C/C=C(SC)SC)cc1. The minimum Gasteiger partial charge on any atom is -0.497 e. The Hall–Kier alpha value is -1.06. The van der Waals surface area contributed by atoms with E-state index in [-0.39, 0.29) is 0 Å². The topological polar surface area (TPSA) is 9.23 Å². The molecule has 0 heterocycles. The van der Waals surface area contributed by atoms with Gasteiger partial charge >= 0.3 is 0 Å². The van der Waals surface area contributed by atoms with Gasteiger partial charge in [-0.1, -0.05) is 36.4 Å². The van der Waals surface area contributed by atoms with E-state index in [4.69, 9.17) is 4.74 Å². The van der Waals surface area contributed by atoms with Crippen molar-refractivity contribution in [3.8, 4) is 5.75 Å². The van der Waals surface area contributed by atoms with Crippen LogP contribution in [0.4, 0.5) is 0 Å². The van der Waals surface area contributed by atoms with Gasteiger partial charge < -0.3 is 4.74 Å². The van der Waals surface area contributed by atoms with Crippen molar-refractivity contribution >= 4 is 29.6 Å². The molecule has 0 bridgehead atoms. The van der Waals surface area contributed by atoms with Gasteiger partial charge in [-0.15, -0.1) is 23.5 Å². The maximum absolute atomic E-state index is 5.11. The molecule has 0 aliphatic heterocycles. The highest BCUT2D eigenvalue weighted by Crippen LogP contribution is 2.22. The number of thioether (sulfide) groups is 2. The molecule has 0 radical (unpaired) electrons. The van der Waals surface area contributed by atoms with Crippen molar-refractivity contribution in [3.05, 3.63) is 58.4 Å². The number of hydrogen-bond acceptors (Lipinski definition) is 3. The highest BCUT2D eigenvalue weighted by molar-refractivity contribution is 8.21. The van der Waals surface area contributed by atoms with Crippen molar-refractivity contribution in [1.29, 1.82) is 0 Å². The number of allylic oxidation sites excluding steroid dienone is 4. The summed E-state index contributed by atoms with van der Waals surface area (Å²) >= 11 is 3.53. The van der Waals surface area contributed by atoms with E-state index in [2.05, 4.69) is 30.7 Å². The molecular formula is C15H18OS2. The predicted octanol–water partition coefficient (Wildman–Crippen LogP) is 4.83. The molecule has 96 valence electrons. The highest BCUT2D eigenvalue weighted by Gasteiger charge is 1.89. The normalized spacial score (nSPS) is 11.1. The third-order valence-corrected chi connectivity index (χ3v) is 4.34. The largest absolute Gasteiger partial charge is 0.497 e. The Morgan fingerprint density at radius 1 is 1.00 bits per heavy atom. The summed E-state index contributed by atoms with van der Waals surface area (Å²) in [5.41, 5.74) is 1.17. The molecule has 1 aromatic rings.